The summed E-state index contributed by atoms with van der Waals surface area (Å²) in [7, 11) is 3.46. The van der Waals surface area contributed by atoms with Crippen LogP contribution in [0.25, 0.3) is 0 Å². The van der Waals surface area contributed by atoms with Crippen molar-refractivity contribution in [2.45, 2.75) is 26.8 Å². The molecule has 18 heavy (non-hydrogen) atoms. The van der Waals surface area contributed by atoms with Crippen molar-refractivity contribution in [3.05, 3.63) is 11.8 Å². The van der Waals surface area contributed by atoms with E-state index in [1.807, 2.05) is 26.8 Å². The summed E-state index contributed by atoms with van der Waals surface area (Å²) in [6.45, 7) is 6.45. The predicted molar refractivity (Wildman–Crippen MR) is 72.7 cm³/mol. The number of nitrogens with zero attached hydrogens (tertiary/aromatic N) is 3. The number of carbonyl (C=O) groups excluding carboxylic acids is 1. The Morgan fingerprint density at radius 2 is 2.11 bits per heavy atom. The molecule has 0 aliphatic heterocycles. The molecule has 6 nitrogen and oxygen atoms in total. The number of likely N-dealkylation sites (N-methyl/N-ethyl adjacent to an activating group) is 1. The van der Waals surface area contributed by atoms with Gasteiger partial charge in [0.05, 0.1) is 0 Å². The first-order chi connectivity index (χ1) is 8.43. The molecule has 0 radical (unpaired) electrons. The lowest BCUT2D eigenvalue weighted by molar-refractivity contribution is -0.129. The maximum atomic E-state index is 11.7. The maximum absolute atomic E-state index is 11.7. The monoisotopic (exact) mass is 251 g/mol. The Morgan fingerprint density at radius 1 is 1.44 bits per heavy atom. The summed E-state index contributed by atoms with van der Waals surface area (Å²) in [6, 6.07) is 1.50. The zero-order chi connectivity index (χ0) is 13.7. The number of carbonyl (C=O) groups is 1. The molecule has 0 aromatic carbocycles. The van der Waals surface area contributed by atoms with Crippen molar-refractivity contribution in [1.29, 1.82) is 0 Å². The summed E-state index contributed by atoms with van der Waals surface area (Å²) in [5, 5.41) is 6.14. The Morgan fingerprint density at radius 3 is 2.67 bits per heavy atom. The van der Waals surface area contributed by atoms with Gasteiger partial charge in [-0.2, -0.15) is 4.98 Å². The average molecular weight is 251 g/mol. The standard InChI is InChI=1S/C12H21N5O/c1-6-13-12-14-8(2)7-10(16-12)15-9(3)11(18)17(4)5/h7,9H,6H2,1-5H3,(H2,13,14,15,16). The number of aryl methyl sites for hydroxylation is 1. The molecule has 1 unspecified atom stereocenters. The molecule has 100 valence electrons. The van der Waals surface area contributed by atoms with E-state index >= 15 is 0 Å². The van der Waals surface area contributed by atoms with Crippen LogP contribution >= 0.6 is 0 Å². The van der Waals surface area contributed by atoms with Gasteiger partial charge in [-0.3, -0.25) is 4.79 Å². The van der Waals surface area contributed by atoms with E-state index in [2.05, 4.69) is 20.6 Å². The molecule has 2 N–H and O–H groups in total. The fraction of sp³-hybridized carbons (Fsp3) is 0.583. The van der Waals surface area contributed by atoms with E-state index in [4.69, 9.17) is 0 Å². The Hall–Kier alpha value is -1.85. The summed E-state index contributed by atoms with van der Waals surface area (Å²) in [5.74, 6) is 1.24. The molecule has 0 saturated heterocycles. The van der Waals surface area contributed by atoms with E-state index < -0.39 is 0 Å². The largest absolute Gasteiger partial charge is 0.358 e. The van der Waals surface area contributed by atoms with Crippen LogP contribution in [0.15, 0.2) is 6.07 Å². The van der Waals surface area contributed by atoms with Gasteiger partial charge in [0.25, 0.3) is 0 Å². The van der Waals surface area contributed by atoms with Crippen LogP contribution < -0.4 is 10.6 Å². The molecule has 0 aliphatic carbocycles. The fourth-order valence-corrected chi connectivity index (χ4v) is 1.55. The average Bonchev–Trinajstić information content (AvgIpc) is 2.27. The molecule has 0 saturated carbocycles. The van der Waals surface area contributed by atoms with E-state index in [-0.39, 0.29) is 11.9 Å². The van der Waals surface area contributed by atoms with Crippen molar-refractivity contribution in [3.8, 4) is 0 Å². The van der Waals surface area contributed by atoms with E-state index in [0.717, 1.165) is 12.2 Å². The van der Waals surface area contributed by atoms with Crippen LogP contribution in [0.2, 0.25) is 0 Å². The molecular formula is C12H21N5O. The normalized spacial score (nSPS) is 11.8. The Labute approximate surface area is 108 Å². The first kappa shape index (κ1) is 14.2. The van der Waals surface area contributed by atoms with Crippen molar-refractivity contribution >= 4 is 17.7 Å². The zero-order valence-electron chi connectivity index (χ0n) is 11.6. The predicted octanol–water partition coefficient (Wildman–Crippen LogP) is 1.11. The van der Waals surface area contributed by atoms with Gasteiger partial charge < -0.3 is 15.5 Å². The Bertz CT molecular complexity index is 419. The minimum absolute atomic E-state index is 0.0104. The van der Waals surface area contributed by atoms with Crippen LogP contribution in [-0.4, -0.2) is 47.5 Å². The van der Waals surface area contributed by atoms with Crippen molar-refractivity contribution in [2.24, 2.45) is 0 Å². The van der Waals surface area contributed by atoms with Gasteiger partial charge in [0.15, 0.2) is 0 Å². The molecular weight excluding hydrogens is 230 g/mol. The quantitative estimate of drug-likeness (QED) is 0.820. The molecule has 6 heteroatoms. The van der Waals surface area contributed by atoms with Crippen molar-refractivity contribution < 1.29 is 4.79 Å². The summed E-state index contributed by atoms with van der Waals surface area (Å²) in [4.78, 5) is 21.9. The molecule has 1 heterocycles. The molecule has 1 atom stereocenters. The lowest BCUT2D eigenvalue weighted by atomic mass is 10.3. The molecule has 1 aromatic rings. The summed E-state index contributed by atoms with van der Waals surface area (Å²) in [5.41, 5.74) is 0.855. The van der Waals surface area contributed by atoms with E-state index in [0.29, 0.717) is 11.8 Å². The smallest absolute Gasteiger partial charge is 0.244 e. The van der Waals surface area contributed by atoms with Gasteiger partial charge in [-0.1, -0.05) is 0 Å². The Balaban J connectivity index is 2.80. The number of aromatic nitrogens is 2. The number of anilines is 2. The van der Waals surface area contributed by atoms with Gasteiger partial charge in [0, 0.05) is 32.4 Å². The van der Waals surface area contributed by atoms with Gasteiger partial charge in [0.2, 0.25) is 11.9 Å². The minimum atomic E-state index is -0.316. The maximum Gasteiger partial charge on any atom is 0.244 e. The first-order valence-corrected chi connectivity index (χ1v) is 6.01. The van der Waals surface area contributed by atoms with Crippen molar-refractivity contribution in [3.63, 3.8) is 0 Å². The third-order valence-electron chi connectivity index (χ3n) is 2.36. The van der Waals surface area contributed by atoms with Crippen molar-refractivity contribution in [2.75, 3.05) is 31.3 Å². The fourth-order valence-electron chi connectivity index (χ4n) is 1.55. The third kappa shape index (κ3) is 3.87. The van der Waals surface area contributed by atoms with Gasteiger partial charge >= 0.3 is 0 Å². The third-order valence-corrected chi connectivity index (χ3v) is 2.36. The molecule has 0 aliphatic rings. The van der Waals surface area contributed by atoms with E-state index in [9.17, 15) is 4.79 Å². The molecule has 0 spiro atoms. The summed E-state index contributed by atoms with van der Waals surface area (Å²) in [6.07, 6.45) is 0. The van der Waals surface area contributed by atoms with Gasteiger partial charge in [-0.05, 0) is 20.8 Å². The molecule has 0 bridgehead atoms. The molecule has 1 rings (SSSR count). The van der Waals surface area contributed by atoms with Gasteiger partial charge in [0.1, 0.15) is 11.9 Å². The number of nitrogens with one attached hydrogen (secondary N) is 2. The first-order valence-electron chi connectivity index (χ1n) is 6.01. The number of rotatable bonds is 5. The van der Waals surface area contributed by atoms with E-state index in [1.165, 1.54) is 0 Å². The highest BCUT2D eigenvalue weighted by molar-refractivity contribution is 5.83. The Kier molecular flexibility index (Phi) is 4.88. The van der Waals surface area contributed by atoms with Gasteiger partial charge in [-0.25, -0.2) is 4.98 Å². The minimum Gasteiger partial charge on any atom is -0.358 e. The second kappa shape index (κ2) is 6.18. The van der Waals surface area contributed by atoms with Crippen LogP contribution in [-0.2, 0) is 4.79 Å². The van der Waals surface area contributed by atoms with Crippen LogP contribution in [0.4, 0.5) is 11.8 Å². The van der Waals surface area contributed by atoms with Crippen molar-refractivity contribution in [1.82, 2.24) is 14.9 Å². The number of hydrogen-bond acceptors (Lipinski definition) is 5. The highest BCUT2D eigenvalue weighted by atomic mass is 16.2. The zero-order valence-corrected chi connectivity index (χ0v) is 11.6. The second-order valence-electron chi connectivity index (χ2n) is 4.35. The summed E-state index contributed by atoms with van der Waals surface area (Å²) < 4.78 is 0. The number of hydrogen-bond donors (Lipinski definition) is 2. The summed E-state index contributed by atoms with van der Waals surface area (Å²) >= 11 is 0. The van der Waals surface area contributed by atoms with Crippen LogP contribution in [0, 0.1) is 6.92 Å². The molecule has 0 fully saturated rings. The van der Waals surface area contributed by atoms with Crippen LogP contribution in [0.5, 0.6) is 0 Å². The molecule has 1 amide bonds. The van der Waals surface area contributed by atoms with E-state index in [1.54, 1.807) is 19.0 Å². The lowest BCUT2D eigenvalue weighted by Crippen LogP contribution is -2.36. The molecule has 1 aromatic heterocycles. The van der Waals surface area contributed by atoms with Crippen LogP contribution in [0.1, 0.15) is 19.5 Å². The highest BCUT2D eigenvalue weighted by Crippen LogP contribution is 2.11. The highest BCUT2D eigenvalue weighted by Gasteiger charge is 2.15. The van der Waals surface area contributed by atoms with Crippen LogP contribution in [0.3, 0.4) is 0 Å². The second-order valence-corrected chi connectivity index (χ2v) is 4.35. The number of amides is 1. The lowest BCUT2D eigenvalue weighted by Gasteiger charge is -2.18. The topological polar surface area (TPSA) is 70.2 Å². The SMILES string of the molecule is CCNc1nc(C)cc(NC(C)C(=O)N(C)C)n1. The van der Waals surface area contributed by atoms with Gasteiger partial charge in [-0.15, -0.1) is 0 Å².